The number of fused-ring (bicyclic) bond motifs is 3. The number of hydrogen-bond acceptors (Lipinski definition) is 5. The van der Waals surface area contributed by atoms with Crippen LogP contribution in [0.1, 0.15) is 50.5 Å². The molecule has 32 heavy (non-hydrogen) atoms. The summed E-state index contributed by atoms with van der Waals surface area (Å²) in [5.41, 5.74) is 3.45. The van der Waals surface area contributed by atoms with E-state index >= 15 is 0 Å². The number of carbonyl (C=O) groups excluding carboxylic acids is 2. The normalized spacial score (nSPS) is 18.0. The topological polar surface area (TPSA) is 84.5 Å². The average molecular weight is 474 g/mol. The van der Waals surface area contributed by atoms with Crippen molar-refractivity contribution in [1.82, 2.24) is 24.6 Å². The van der Waals surface area contributed by atoms with Crippen molar-refractivity contribution in [2.75, 3.05) is 6.54 Å². The van der Waals surface area contributed by atoms with Crippen LogP contribution in [-0.4, -0.2) is 49.0 Å². The highest BCUT2D eigenvalue weighted by Gasteiger charge is 2.37. The van der Waals surface area contributed by atoms with Gasteiger partial charge in [-0.25, -0.2) is 4.98 Å². The van der Waals surface area contributed by atoms with Gasteiger partial charge in [-0.3, -0.25) is 14.3 Å². The molecule has 2 amide bonds. The summed E-state index contributed by atoms with van der Waals surface area (Å²) in [6, 6.07) is 4.80. The molecule has 10 heteroatoms. The van der Waals surface area contributed by atoms with E-state index in [2.05, 4.69) is 4.98 Å². The summed E-state index contributed by atoms with van der Waals surface area (Å²) >= 11 is 12.1. The number of halogens is 2. The maximum Gasteiger partial charge on any atom is 0.272 e. The highest BCUT2D eigenvalue weighted by atomic mass is 35.5. The van der Waals surface area contributed by atoms with Crippen LogP contribution >= 0.6 is 23.2 Å². The van der Waals surface area contributed by atoms with E-state index in [9.17, 15) is 9.59 Å². The lowest BCUT2D eigenvalue weighted by Crippen LogP contribution is -2.44. The number of carbonyl (C=O) groups is 2. The summed E-state index contributed by atoms with van der Waals surface area (Å²) < 4.78 is 7.20. The molecule has 2 aliphatic heterocycles. The van der Waals surface area contributed by atoms with Crippen LogP contribution in [0.2, 0.25) is 10.0 Å². The van der Waals surface area contributed by atoms with Gasteiger partial charge in [-0.2, -0.15) is 5.10 Å². The zero-order valence-corrected chi connectivity index (χ0v) is 19.2. The molecule has 1 atom stereocenters. The van der Waals surface area contributed by atoms with Gasteiger partial charge in [-0.15, -0.1) is 0 Å². The van der Waals surface area contributed by atoms with Crippen LogP contribution in [0.3, 0.4) is 0 Å². The van der Waals surface area contributed by atoms with Gasteiger partial charge in [-0.1, -0.05) is 23.2 Å². The lowest BCUT2D eigenvalue weighted by atomic mass is 9.97. The summed E-state index contributed by atoms with van der Waals surface area (Å²) in [6.45, 7) is 5.63. The molecule has 0 fully saturated rings. The van der Waals surface area contributed by atoms with Crippen molar-refractivity contribution in [1.29, 1.82) is 0 Å². The molecule has 8 nitrogen and oxygen atoms in total. The molecule has 0 unspecified atom stereocenters. The third-order valence-corrected chi connectivity index (χ3v) is 6.90. The van der Waals surface area contributed by atoms with Gasteiger partial charge in [0.2, 0.25) is 0 Å². The van der Waals surface area contributed by atoms with E-state index in [-0.39, 0.29) is 17.9 Å². The molecule has 2 aromatic heterocycles. The number of oxazole rings is 1. The van der Waals surface area contributed by atoms with Gasteiger partial charge < -0.3 is 14.2 Å². The Labute approximate surface area is 194 Å². The number of benzene rings is 1. The zero-order valence-electron chi connectivity index (χ0n) is 17.6. The fraction of sp³-hybridized carbons (Fsp3) is 0.364. The number of amides is 2. The largest absolute Gasteiger partial charge is 0.446 e. The third-order valence-electron chi connectivity index (χ3n) is 6.16. The van der Waals surface area contributed by atoms with Crippen LogP contribution in [0.5, 0.6) is 0 Å². The van der Waals surface area contributed by atoms with Crippen LogP contribution in [0.4, 0.5) is 0 Å². The van der Waals surface area contributed by atoms with Crippen LogP contribution < -0.4 is 0 Å². The van der Waals surface area contributed by atoms with E-state index in [1.165, 1.54) is 6.39 Å². The lowest BCUT2D eigenvalue weighted by Gasteiger charge is -2.34. The summed E-state index contributed by atoms with van der Waals surface area (Å²) in [6.07, 6.45) is 1.97. The molecule has 0 radical (unpaired) electrons. The van der Waals surface area contributed by atoms with Gasteiger partial charge in [0, 0.05) is 30.1 Å². The smallest absolute Gasteiger partial charge is 0.272 e. The lowest BCUT2D eigenvalue weighted by molar-refractivity contribution is 0.0632. The zero-order chi connectivity index (χ0) is 22.6. The summed E-state index contributed by atoms with van der Waals surface area (Å²) in [5, 5.41) is 5.42. The van der Waals surface area contributed by atoms with E-state index in [4.69, 9.17) is 32.7 Å². The minimum atomic E-state index is -0.154. The molecule has 0 spiro atoms. The third kappa shape index (κ3) is 3.47. The average Bonchev–Trinajstić information content (AvgIpc) is 3.33. The summed E-state index contributed by atoms with van der Waals surface area (Å²) in [4.78, 5) is 34.2. The Morgan fingerprint density at radius 2 is 2.06 bits per heavy atom. The predicted octanol–water partition coefficient (Wildman–Crippen LogP) is 3.73. The molecule has 0 saturated carbocycles. The Hall–Kier alpha value is -2.84. The Bertz CT molecular complexity index is 1230. The summed E-state index contributed by atoms with van der Waals surface area (Å²) in [7, 11) is 0. The van der Waals surface area contributed by atoms with Crippen molar-refractivity contribution < 1.29 is 14.0 Å². The fourth-order valence-corrected chi connectivity index (χ4v) is 4.63. The predicted molar refractivity (Wildman–Crippen MR) is 118 cm³/mol. The van der Waals surface area contributed by atoms with Crippen LogP contribution in [0.15, 0.2) is 29.0 Å². The second kappa shape index (κ2) is 7.94. The Morgan fingerprint density at radius 1 is 1.25 bits per heavy atom. The van der Waals surface area contributed by atoms with Crippen LogP contribution in [-0.2, 0) is 26.1 Å². The molecule has 166 valence electrons. The van der Waals surface area contributed by atoms with E-state index < -0.39 is 0 Å². The first-order valence-electron chi connectivity index (χ1n) is 10.4. The van der Waals surface area contributed by atoms with Crippen molar-refractivity contribution in [2.45, 2.75) is 45.9 Å². The second-order valence-corrected chi connectivity index (χ2v) is 9.01. The van der Waals surface area contributed by atoms with Gasteiger partial charge in [0.05, 0.1) is 41.1 Å². The molecule has 4 heterocycles. The highest BCUT2D eigenvalue weighted by molar-refractivity contribution is 6.42. The molecule has 3 aromatic rings. The maximum absolute atomic E-state index is 13.4. The SMILES string of the molecule is Cc1ncoc1CN1CCn2nc3c(c2C1=O)CN(C(=O)c1ccc(Cl)c(Cl)c1)[C@H](C)C3. The molecule has 0 bridgehead atoms. The molecular formula is C22H21Cl2N5O3. The minimum Gasteiger partial charge on any atom is -0.446 e. The second-order valence-electron chi connectivity index (χ2n) is 8.20. The molecule has 1 aromatic carbocycles. The van der Waals surface area contributed by atoms with Crippen molar-refractivity contribution in [3.63, 3.8) is 0 Å². The van der Waals surface area contributed by atoms with E-state index in [0.717, 1.165) is 17.0 Å². The number of aryl methyl sites for hydroxylation is 1. The van der Waals surface area contributed by atoms with Gasteiger partial charge >= 0.3 is 0 Å². The number of rotatable bonds is 3. The van der Waals surface area contributed by atoms with Gasteiger partial charge in [0.25, 0.3) is 11.8 Å². The molecule has 0 aliphatic carbocycles. The first-order chi connectivity index (χ1) is 15.3. The molecule has 0 N–H and O–H groups in total. The van der Waals surface area contributed by atoms with Gasteiger partial charge in [-0.05, 0) is 32.0 Å². The first-order valence-corrected chi connectivity index (χ1v) is 11.1. The van der Waals surface area contributed by atoms with Crippen molar-refractivity contribution in [2.24, 2.45) is 0 Å². The van der Waals surface area contributed by atoms with Crippen LogP contribution in [0, 0.1) is 6.92 Å². The molecule has 2 aliphatic rings. The van der Waals surface area contributed by atoms with Crippen molar-refractivity contribution in [3.8, 4) is 0 Å². The molecule has 0 saturated heterocycles. The van der Waals surface area contributed by atoms with Crippen molar-refractivity contribution >= 4 is 35.0 Å². The minimum absolute atomic E-state index is 0.0653. The van der Waals surface area contributed by atoms with Crippen LogP contribution in [0.25, 0.3) is 0 Å². The molecule has 5 rings (SSSR count). The van der Waals surface area contributed by atoms with Crippen molar-refractivity contribution in [3.05, 3.63) is 68.6 Å². The quantitative estimate of drug-likeness (QED) is 0.578. The van der Waals surface area contributed by atoms with E-state index in [1.807, 2.05) is 13.8 Å². The van der Waals surface area contributed by atoms with E-state index in [0.29, 0.717) is 59.7 Å². The Kier molecular flexibility index (Phi) is 5.22. The standard InChI is InChI=1S/C22H21Cl2N5O3/c1-12-7-18-15(9-28(12)21(30)14-3-4-16(23)17(24)8-14)20-22(31)27(5-6-29(20)26-18)10-19-13(2)25-11-32-19/h3-4,8,11-12H,5-7,9-10H2,1-2H3/t12-/m1/s1. The highest BCUT2D eigenvalue weighted by Crippen LogP contribution is 2.31. The Morgan fingerprint density at radius 3 is 2.78 bits per heavy atom. The Balaban J connectivity index is 1.44. The monoisotopic (exact) mass is 473 g/mol. The summed E-state index contributed by atoms with van der Waals surface area (Å²) in [5.74, 6) is 0.404. The van der Waals surface area contributed by atoms with Gasteiger partial charge in [0.1, 0.15) is 11.5 Å². The van der Waals surface area contributed by atoms with E-state index in [1.54, 1.807) is 32.7 Å². The fourth-order valence-electron chi connectivity index (χ4n) is 4.33. The number of nitrogens with zero attached hydrogens (tertiary/aromatic N) is 5. The maximum atomic E-state index is 13.4. The first kappa shape index (κ1) is 21.0. The number of aromatic nitrogens is 3. The number of hydrogen-bond donors (Lipinski definition) is 0. The van der Waals surface area contributed by atoms with Gasteiger partial charge in [0.15, 0.2) is 6.39 Å². The molecular weight excluding hydrogens is 453 g/mol.